The number of amides is 1. The minimum atomic E-state index is -0.454. The van der Waals surface area contributed by atoms with E-state index in [-0.39, 0.29) is 5.97 Å². The van der Waals surface area contributed by atoms with Crippen LogP contribution in [0.3, 0.4) is 0 Å². The van der Waals surface area contributed by atoms with Gasteiger partial charge in [-0.15, -0.1) is 0 Å². The van der Waals surface area contributed by atoms with Crippen molar-refractivity contribution in [3.63, 3.8) is 0 Å². The molecule has 0 spiro atoms. The molecule has 0 heterocycles. The van der Waals surface area contributed by atoms with E-state index in [0.29, 0.717) is 46.3 Å². The topological polar surface area (TPSA) is 64.6 Å². The van der Waals surface area contributed by atoms with Crippen molar-refractivity contribution in [1.29, 1.82) is 0 Å². The van der Waals surface area contributed by atoms with Crippen LogP contribution in [0.1, 0.15) is 38.5 Å². The molecule has 1 saturated carbocycles. The summed E-state index contributed by atoms with van der Waals surface area (Å²) < 4.78 is 10.6. The Balaban J connectivity index is 1.29. The van der Waals surface area contributed by atoms with Gasteiger partial charge in [0.15, 0.2) is 0 Å². The zero-order valence-electron chi connectivity index (χ0n) is 16.6. The average Bonchev–Trinajstić information content (AvgIpc) is 2.75. The van der Waals surface area contributed by atoms with Crippen molar-refractivity contribution < 1.29 is 19.1 Å². The molecule has 1 N–H and O–H groups in total. The maximum Gasteiger partial charge on any atom is 0.412 e. The summed E-state index contributed by atoms with van der Waals surface area (Å²) in [7, 11) is 0. The molecular formula is C23H25Cl2NO4. The minimum Gasteiger partial charge on any atom is -0.427 e. The Morgan fingerprint density at radius 3 is 1.87 bits per heavy atom. The lowest BCUT2D eigenvalue weighted by Gasteiger charge is -2.28. The third-order valence-electron chi connectivity index (χ3n) is 5.33. The van der Waals surface area contributed by atoms with E-state index in [0.717, 1.165) is 32.1 Å². The quantitative estimate of drug-likeness (QED) is 0.399. The maximum atomic E-state index is 12.0. The molecule has 3 rings (SSSR count). The van der Waals surface area contributed by atoms with Gasteiger partial charge < -0.3 is 14.8 Å². The van der Waals surface area contributed by atoms with Crippen LogP contribution in [-0.4, -0.2) is 18.6 Å². The van der Waals surface area contributed by atoms with Gasteiger partial charge in [0.25, 0.3) is 0 Å². The second kappa shape index (κ2) is 11.2. The number of hydrogen-bond acceptors (Lipinski definition) is 4. The lowest BCUT2D eigenvalue weighted by atomic mass is 9.80. The van der Waals surface area contributed by atoms with Crippen LogP contribution in [0.15, 0.2) is 48.5 Å². The number of carbonyl (C=O) groups excluding carboxylic acids is 2. The van der Waals surface area contributed by atoms with Crippen molar-refractivity contribution >= 4 is 35.3 Å². The fourth-order valence-electron chi connectivity index (χ4n) is 3.60. The van der Waals surface area contributed by atoms with Gasteiger partial charge in [-0.1, -0.05) is 36.0 Å². The molecule has 5 nitrogen and oxygen atoms in total. The summed E-state index contributed by atoms with van der Waals surface area (Å²) in [4.78, 5) is 24.0. The van der Waals surface area contributed by atoms with E-state index in [9.17, 15) is 9.59 Å². The van der Waals surface area contributed by atoms with Crippen LogP contribution in [0, 0.1) is 11.8 Å². The highest BCUT2D eigenvalue weighted by Gasteiger charge is 2.22. The van der Waals surface area contributed by atoms with Crippen molar-refractivity contribution in [3.05, 3.63) is 58.6 Å². The predicted molar refractivity (Wildman–Crippen MR) is 117 cm³/mol. The standard InChI is InChI=1S/C23H25Cl2NO4/c24-18-6-10-20(11-7-18)29-22(27)14-5-16-1-3-17(4-2-16)15-26-23(28)30-21-12-8-19(25)9-13-21/h6-13,16-17H,1-5,14-15H2,(H,26,28). The molecule has 30 heavy (non-hydrogen) atoms. The van der Waals surface area contributed by atoms with Crippen LogP contribution in [-0.2, 0) is 4.79 Å². The molecule has 0 atom stereocenters. The lowest BCUT2D eigenvalue weighted by molar-refractivity contribution is -0.134. The zero-order valence-corrected chi connectivity index (χ0v) is 18.1. The van der Waals surface area contributed by atoms with Crippen LogP contribution in [0.2, 0.25) is 10.0 Å². The molecule has 1 aliphatic carbocycles. The maximum absolute atomic E-state index is 12.0. The van der Waals surface area contributed by atoms with Gasteiger partial charge >= 0.3 is 12.1 Å². The van der Waals surface area contributed by atoms with Crippen LogP contribution < -0.4 is 14.8 Å². The summed E-state index contributed by atoms with van der Waals surface area (Å²) in [5.41, 5.74) is 0. The Kier molecular flexibility index (Phi) is 8.40. The largest absolute Gasteiger partial charge is 0.427 e. The molecule has 160 valence electrons. The number of halogens is 2. The number of nitrogens with one attached hydrogen (secondary N) is 1. The number of ether oxygens (including phenoxy) is 2. The predicted octanol–water partition coefficient (Wildman–Crippen LogP) is 6.27. The first-order chi connectivity index (χ1) is 14.5. The molecule has 2 aromatic rings. The Morgan fingerprint density at radius 2 is 1.30 bits per heavy atom. The summed E-state index contributed by atoms with van der Waals surface area (Å²) >= 11 is 11.6. The highest BCUT2D eigenvalue weighted by molar-refractivity contribution is 6.30. The molecule has 1 aliphatic rings. The highest BCUT2D eigenvalue weighted by Crippen LogP contribution is 2.31. The Morgan fingerprint density at radius 1 is 0.800 bits per heavy atom. The van der Waals surface area contributed by atoms with Gasteiger partial charge in [-0.25, -0.2) is 4.79 Å². The van der Waals surface area contributed by atoms with Gasteiger partial charge in [0.2, 0.25) is 0 Å². The summed E-state index contributed by atoms with van der Waals surface area (Å²) in [5, 5.41) is 4.04. The summed E-state index contributed by atoms with van der Waals surface area (Å²) in [5.74, 6) is 1.71. The third kappa shape index (κ3) is 7.54. The van der Waals surface area contributed by atoms with Gasteiger partial charge in [0, 0.05) is 23.0 Å². The van der Waals surface area contributed by atoms with Gasteiger partial charge in [-0.3, -0.25) is 4.79 Å². The van der Waals surface area contributed by atoms with Crippen LogP contribution >= 0.6 is 23.2 Å². The van der Waals surface area contributed by atoms with Crippen molar-refractivity contribution in [1.82, 2.24) is 5.32 Å². The summed E-state index contributed by atoms with van der Waals surface area (Å²) in [6, 6.07) is 13.5. The zero-order chi connectivity index (χ0) is 21.3. The number of carbonyl (C=O) groups is 2. The Hall–Kier alpha value is -2.24. The number of esters is 1. The molecule has 0 unspecified atom stereocenters. The van der Waals surface area contributed by atoms with E-state index in [2.05, 4.69) is 5.32 Å². The van der Waals surface area contributed by atoms with Gasteiger partial charge in [0.05, 0.1) is 0 Å². The average molecular weight is 450 g/mol. The number of hydrogen-bond donors (Lipinski definition) is 1. The second-order valence-corrected chi connectivity index (χ2v) is 8.45. The molecule has 2 aromatic carbocycles. The first kappa shape index (κ1) is 22.4. The highest BCUT2D eigenvalue weighted by atomic mass is 35.5. The Labute approximate surface area is 186 Å². The molecule has 0 aliphatic heterocycles. The summed E-state index contributed by atoms with van der Waals surface area (Å²) in [6.07, 6.45) is 4.93. The molecule has 0 bridgehead atoms. The molecule has 0 aromatic heterocycles. The van der Waals surface area contributed by atoms with Gasteiger partial charge in [-0.05, 0) is 79.6 Å². The van der Waals surface area contributed by atoms with E-state index >= 15 is 0 Å². The molecule has 1 amide bonds. The minimum absolute atomic E-state index is 0.217. The summed E-state index contributed by atoms with van der Waals surface area (Å²) in [6.45, 7) is 0.595. The first-order valence-corrected chi connectivity index (χ1v) is 10.9. The van der Waals surface area contributed by atoms with Crippen molar-refractivity contribution in [2.45, 2.75) is 38.5 Å². The Bertz CT molecular complexity index is 760. The molecule has 1 fully saturated rings. The van der Waals surface area contributed by atoms with E-state index in [1.54, 1.807) is 48.5 Å². The van der Waals surface area contributed by atoms with E-state index in [4.69, 9.17) is 32.7 Å². The molecule has 0 radical (unpaired) electrons. The van der Waals surface area contributed by atoms with Gasteiger partial charge in [0.1, 0.15) is 11.5 Å². The first-order valence-electron chi connectivity index (χ1n) is 10.2. The smallest absolute Gasteiger partial charge is 0.412 e. The normalized spacial score (nSPS) is 18.5. The van der Waals surface area contributed by atoms with Crippen LogP contribution in [0.5, 0.6) is 11.5 Å². The van der Waals surface area contributed by atoms with Crippen molar-refractivity contribution in [2.24, 2.45) is 11.8 Å². The lowest BCUT2D eigenvalue weighted by Crippen LogP contribution is -2.33. The van der Waals surface area contributed by atoms with Crippen LogP contribution in [0.25, 0.3) is 0 Å². The van der Waals surface area contributed by atoms with Crippen molar-refractivity contribution in [2.75, 3.05) is 6.54 Å². The molecular weight excluding hydrogens is 425 g/mol. The molecule has 7 heteroatoms. The van der Waals surface area contributed by atoms with Crippen molar-refractivity contribution in [3.8, 4) is 11.5 Å². The molecule has 0 saturated heterocycles. The van der Waals surface area contributed by atoms with E-state index < -0.39 is 6.09 Å². The van der Waals surface area contributed by atoms with E-state index in [1.165, 1.54) is 0 Å². The fraction of sp³-hybridized carbons (Fsp3) is 0.391. The monoisotopic (exact) mass is 449 g/mol. The second-order valence-electron chi connectivity index (χ2n) is 7.58. The fourth-order valence-corrected chi connectivity index (χ4v) is 3.86. The van der Waals surface area contributed by atoms with Crippen LogP contribution in [0.4, 0.5) is 4.79 Å². The number of rotatable bonds is 7. The van der Waals surface area contributed by atoms with Gasteiger partial charge in [-0.2, -0.15) is 0 Å². The third-order valence-corrected chi connectivity index (χ3v) is 5.83. The SMILES string of the molecule is O=C(CCC1CCC(CNC(=O)Oc2ccc(Cl)cc2)CC1)Oc1ccc(Cl)cc1. The van der Waals surface area contributed by atoms with E-state index in [1.807, 2.05) is 0 Å². The number of benzene rings is 2.